The van der Waals surface area contributed by atoms with Crippen LogP contribution < -0.4 is 15.0 Å². The molecular weight excluding hydrogens is 538 g/mol. The summed E-state index contributed by atoms with van der Waals surface area (Å²) in [5.74, 6) is 1.50. The Labute approximate surface area is 242 Å². The molecule has 3 atom stereocenters. The van der Waals surface area contributed by atoms with Crippen molar-refractivity contribution >= 4 is 27.5 Å². The summed E-state index contributed by atoms with van der Waals surface area (Å²) in [7, 11) is 2.07. The minimum absolute atomic E-state index is 0.0265. The van der Waals surface area contributed by atoms with Gasteiger partial charge in [0.25, 0.3) is 0 Å². The van der Waals surface area contributed by atoms with Crippen molar-refractivity contribution in [3.8, 4) is 35.4 Å². The number of anilines is 1. The van der Waals surface area contributed by atoms with Crippen LogP contribution in [0.15, 0.2) is 30.5 Å². The van der Waals surface area contributed by atoms with Crippen LogP contribution in [0.3, 0.4) is 0 Å². The molecule has 0 spiro atoms. The highest BCUT2D eigenvalue weighted by Gasteiger charge is 2.36. The molecule has 8 nitrogen and oxygen atoms in total. The maximum Gasteiger partial charge on any atom is 0.319 e. The van der Waals surface area contributed by atoms with Crippen molar-refractivity contribution in [2.45, 2.75) is 50.2 Å². The first-order valence-electron chi connectivity index (χ1n) is 14.4. The predicted octanol–water partition coefficient (Wildman–Crippen LogP) is 4.61. The van der Waals surface area contributed by atoms with Crippen LogP contribution in [0.1, 0.15) is 38.2 Å². The Hall–Kier alpha value is -4.07. The molecule has 42 heavy (non-hydrogen) atoms. The summed E-state index contributed by atoms with van der Waals surface area (Å²) in [5.41, 5.74) is -0.0683. The SMILES string of the molecule is C#Cc1c(F)ccc2cc(O)cc(-c3ncc4c(N5C[C@H]6CC[C@@H](C5)N6)nc(OC[C@@]5(C)CCCN5C)nc4c3F)c12. The predicted molar refractivity (Wildman–Crippen MR) is 158 cm³/mol. The maximum absolute atomic E-state index is 16.6. The molecular formula is C32H32F2N6O2. The minimum atomic E-state index is -0.720. The third kappa shape index (κ3) is 4.39. The van der Waals surface area contributed by atoms with E-state index >= 15 is 4.39 Å². The number of benzene rings is 2. The summed E-state index contributed by atoms with van der Waals surface area (Å²) in [6.45, 7) is 4.95. The topological polar surface area (TPSA) is 86.6 Å². The smallest absolute Gasteiger partial charge is 0.319 e. The number of aromatic nitrogens is 3. The number of likely N-dealkylation sites (tertiary alicyclic amines) is 1. The lowest BCUT2D eigenvalue weighted by molar-refractivity contribution is 0.108. The number of fused-ring (bicyclic) bond motifs is 4. The second-order valence-corrected chi connectivity index (χ2v) is 12.0. The zero-order chi connectivity index (χ0) is 29.2. The van der Waals surface area contributed by atoms with Gasteiger partial charge in [-0.2, -0.15) is 9.97 Å². The number of ether oxygens (including phenoxy) is 1. The van der Waals surface area contributed by atoms with Gasteiger partial charge in [0.1, 0.15) is 35.2 Å². The van der Waals surface area contributed by atoms with E-state index in [1.165, 1.54) is 24.3 Å². The number of aromatic hydroxyl groups is 1. The van der Waals surface area contributed by atoms with Gasteiger partial charge in [0.05, 0.1) is 16.5 Å². The Morgan fingerprint density at radius 1 is 1.19 bits per heavy atom. The van der Waals surface area contributed by atoms with Crippen LogP contribution in [0.2, 0.25) is 0 Å². The summed E-state index contributed by atoms with van der Waals surface area (Å²) in [4.78, 5) is 18.3. The van der Waals surface area contributed by atoms with Gasteiger partial charge < -0.3 is 20.1 Å². The molecule has 216 valence electrons. The van der Waals surface area contributed by atoms with E-state index in [-0.39, 0.29) is 39.6 Å². The van der Waals surface area contributed by atoms with Gasteiger partial charge in [-0.25, -0.2) is 8.78 Å². The molecule has 0 saturated carbocycles. The van der Waals surface area contributed by atoms with Gasteiger partial charge in [-0.15, -0.1) is 6.42 Å². The molecule has 7 rings (SSSR count). The summed E-state index contributed by atoms with van der Waals surface area (Å²) < 4.78 is 37.6. The number of hydrogen-bond acceptors (Lipinski definition) is 8. The zero-order valence-electron chi connectivity index (χ0n) is 23.6. The van der Waals surface area contributed by atoms with Gasteiger partial charge in [-0.05, 0) is 69.8 Å². The fraction of sp³-hybridized carbons (Fsp3) is 0.406. The number of piperazine rings is 1. The summed E-state index contributed by atoms with van der Waals surface area (Å²) in [5, 5.41) is 15.3. The normalized spacial score (nSPS) is 24.0. The molecule has 0 aliphatic carbocycles. The van der Waals surface area contributed by atoms with E-state index in [1.54, 1.807) is 6.20 Å². The molecule has 3 aliphatic heterocycles. The Morgan fingerprint density at radius 2 is 1.98 bits per heavy atom. The average Bonchev–Trinajstić information content (AvgIpc) is 3.50. The van der Waals surface area contributed by atoms with Crippen LogP contribution in [0.4, 0.5) is 14.6 Å². The van der Waals surface area contributed by atoms with E-state index in [1.807, 2.05) is 0 Å². The van der Waals surface area contributed by atoms with Crippen molar-refractivity contribution in [3.05, 3.63) is 47.7 Å². The standard InChI is InChI=1S/C32H32F2N6O2/c1-4-22-25(33)9-6-18-12-21(41)13-23(26(18)22)28-27(34)29-24(14-35-28)30(40-15-19-7-8-20(16-40)36-19)38-31(37-29)42-17-32(2)10-5-11-39(32)3/h1,6,9,12-14,19-20,36,41H,5,7-8,10-11,15-17H2,2-3H3/t19-,20+,32-/m1/s1. The van der Waals surface area contributed by atoms with Gasteiger partial charge >= 0.3 is 6.01 Å². The molecule has 2 N–H and O–H groups in total. The van der Waals surface area contributed by atoms with Gasteiger partial charge in [-0.3, -0.25) is 9.88 Å². The van der Waals surface area contributed by atoms with Gasteiger partial charge in [0.2, 0.25) is 0 Å². The lowest BCUT2D eigenvalue weighted by Crippen LogP contribution is -2.51. The first kappa shape index (κ1) is 26.8. The average molecular weight is 571 g/mol. The largest absolute Gasteiger partial charge is 0.508 e. The van der Waals surface area contributed by atoms with Crippen LogP contribution >= 0.6 is 0 Å². The number of nitrogens with one attached hydrogen (secondary N) is 1. The first-order valence-corrected chi connectivity index (χ1v) is 14.4. The van der Waals surface area contributed by atoms with E-state index < -0.39 is 11.6 Å². The minimum Gasteiger partial charge on any atom is -0.508 e. The molecule has 4 aromatic rings. The van der Waals surface area contributed by atoms with Crippen LogP contribution in [0, 0.1) is 24.0 Å². The molecule has 2 aromatic carbocycles. The molecule has 2 bridgehead atoms. The fourth-order valence-corrected chi connectivity index (χ4v) is 6.80. The zero-order valence-corrected chi connectivity index (χ0v) is 23.6. The monoisotopic (exact) mass is 570 g/mol. The Bertz CT molecular complexity index is 1760. The van der Waals surface area contributed by atoms with Crippen LogP contribution in [-0.2, 0) is 0 Å². The molecule has 0 radical (unpaired) electrons. The number of rotatable bonds is 5. The van der Waals surface area contributed by atoms with Crippen LogP contribution in [0.5, 0.6) is 11.8 Å². The second kappa shape index (κ2) is 10.0. The Kier molecular flexibility index (Phi) is 6.40. The van der Waals surface area contributed by atoms with Crippen LogP contribution in [-0.4, -0.2) is 75.9 Å². The summed E-state index contributed by atoms with van der Waals surface area (Å²) in [6.07, 6.45) is 11.4. The van der Waals surface area contributed by atoms with Crippen molar-refractivity contribution in [2.75, 3.05) is 38.2 Å². The third-order valence-corrected chi connectivity index (χ3v) is 9.25. The van der Waals surface area contributed by atoms with Crippen molar-refractivity contribution < 1.29 is 18.6 Å². The number of pyridine rings is 1. The van der Waals surface area contributed by atoms with E-state index in [4.69, 9.17) is 16.1 Å². The highest BCUT2D eigenvalue weighted by atomic mass is 19.1. The Morgan fingerprint density at radius 3 is 2.69 bits per heavy atom. The highest BCUT2D eigenvalue weighted by molar-refractivity contribution is 6.03. The van der Waals surface area contributed by atoms with E-state index in [0.717, 1.165) is 45.3 Å². The molecule has 5 heterocycles. The highest BCUT2D eigenvalue weighted by Crippen LogP contribution is 2.39. The number of phenolic OH excluding ortho intramolecular Hbond substituents is 1. The summed E-state index contributed by atoms with van der Waals surface area (Å²) >= 11 is 0. The summed E-state index contributed by atoms with van der Waals surface area (Å²) in [6, 6.07) is 6.30. The molecule has 10 heteroatoms. The lowest BCUT2D eigenvalue weighted by atomic mass is 9.96. The molecule has 0 amide bonds. The van der Waals surface area contributed by atoms with Crippen molar-refractivity contribution in [2.24, 2.45) is 0 Å². The van der Waals surface area contributed by atoms with E-state index in [2.05, 4.69) is 45.0 Å². The fourth-order valence-electron chi connectivity index (χ4n) is 6.80. The van der Waals surface area contributed by atoms with Crippen molar-refractivity contribution in [3.63, 3.8) is 0 Å². The van der Waals surface area contributed by atoms with Gasteiger partial charge in [0, 0.05) is 42.3 Å². The number of nitrogens with zero attached hydrogens (tertiary/aromatic N) is 5. The molecule has 3 aliphatic rings. The molecule has 0 unspecified atom stereocenters. The molecule has 2 aromatic heterocycles. The van der Waals surface area contributed by atoms with Crippen LogP contribution in [0.25, 0.3) is 32.9 Å². The quantitative estimate of drug-likeness (QED) is 0.337. The maximum atomic E-state index is 16.6. The first-order chi connectivity index (χ1) is 20.2. The third-order valence-electron chi connectivity index (χ3n) is 9.25. The van der Waals surface area contributed by atoms with Crippen molar-refractivity contribution in [1.29, 1.82) is 0 Å². The number of hydrogen-bond donors (Lipinski definition) is 2. The number of phenols is 1. The van der Waals surface area contributed by atoms with E-state index in [9.17, 15) is 9.50 Å². The molecule has 3 fully saturated rings. The number of halogens is 2. The van der Waals surface area contributed by atoms with Crippen molar-refractivity contribution in [1.82, 2.24) is 25.2 Å². The number of terminal acetylenes is 1. The van der Waals surface area contributed by atoms with Gasteiger partial charge in [0.15, 0.2) is 5.82 Å². The molecule has 3 saturated heterocycles. The number of likely N-dealkylation sites (N-methyl/N-ethyl adjacent to an activating group) is 1. The Balaban J connectivity index is 1.40. The van der Waals surface area contributed by atoms with Gasteiger partial charge in [-0.1, -0.05) is 12.0 Å². The lowest BCUT2D eigenvalue weighted by Gasteiger charge is -2.34. The second-order valence-electron chi connectivity index (χ2n) is 12.0. The van der Waals surface area contributed by atoms with E-state index in [0.29, 0.717) is 40.7 Å².